The van der Waals surface area contributed by atoms with Crippen molar-refractivity contribution < 1.29 is 23.6 Å². The first-order valence-electron chi connectivity index (χ1n) is 8.49. The van der Waals surface area contributed by atoms with Gasteiger partial charge in [-0.15, -0.1) is 0 Å². The van der Waals surface area contributed by atoms with Gasteiger partial charge in [-0.3, -0.25) is 9.59 Å². The lowest BCUT2D eigenvalue weighted by atomic mass is 10.1. The van der Waals surface area contributed by atoms with Crippen LogP contribution in [0.2, 0.25) is 0 Å². The van der Waals surface area contributed by atoms with Crippen molar-refractivity contribution in [1.82, 2.24) is 0 Å². The average molecular weight is 359 g/mol. The summed E-state index contributed by atoms with van der Waals surface area (Å²) in [6.45, 7) is 4.94. The van der Waals surface area contributed by atoms with Gasteiger partial charge in [0.2, 0.25) is 0 Å². The molecule has 0 saturated carbocycles. The topological polar surface area (TPSA) is 59.8 Å². The molecule has 0 aliphatic heterocycles. The van der Waals surface area contributed by atoms with E-state index < -0.39 is 5.82 Å². The van der Waals surface area contributed by atoms with Crippen molar-refractivity contribution in [2.75, 3.05) is 25.5 Å². The van der Waals surface area contributed by atoms with E-state index in [2.05, 4.69) is 5.32 Å². The second kappa shape index (κ2) is 9.10. The lowest BCUT2D eigenvalue weighted by Crippen LogP contribution is -3.11. The van der Waals surface area contributed by atoms with Crippen molar-refractivity contribution in [3.63, 3.8) is 0 Å². The van der Waals surface area contributed by atoms with E-state index in [-0.39, 0.29) is 24.0 Å². The zero-order valence-electron chi connectivity index (χ0n) is 15.3. The Balaban J connectivity index is 1.98. The van der Waals surface area contributed by atoms with Crippen molar-refractivity contribution in [3.05, 3.63) is 59.4 Å². The molecule has 0 saturated heterocycles. The number of rotatable bonds is 8. The molecule has 0 radical (unpaired) electrons. The molecule has 0 aliphatic rings. The lowest BCUT2D eigenvalue weighted by Gasteiger charge is -2.18. The van der Waals surface area contributed by atoms with Crippen LogP contribution in [0.5, 0.6) is 5.75 Å². The number of Topliss-reactive ketones (excluding diaryl/α,β-unsaturated/α-hetero) is 1. The van der Waals surface area contributed by atoms with Gasteiger partial charge in [0, 0.05) is 16.8 Å². The van der Waals surface area contributed by atoms with Crippen molar-refractivity contribution >= 4 is 17.4 Å². The maximum atomic E-state index is 13.8. The minimum Gasteiger partial charge on any atom is -0.494 e. The minimum absolute atomic E-state index is 0.0524. The number of halogens is 1. The van der Waals surface area contributed by atoms with Crippen LogP contribution in [0.4, 0.5) is 10.1 Å². The zero-order valence-corrected chi connectivity index (χ0v) is 15.3. The summed E-state index contributed by atoms with van der Waals surface area (Å²) in [6, 6.07) is 11.7. The molecule has 0 heterocycles. The van der Waals surface area contributed by atoms with Gasteiger partial charge in [0.15, 0.2) is 23.9 Å². The molecule has 5 nitrogen and oxygen atoms in total. The monoisotopic (exact) mass is 359 g/mol. The number of hydrogen-bond acceptors (Lipinski definition) is 3. The predicted molar refractivity (Wildman–Crippen MR) is 98.1 cm³/mol. The van der Waals surface area contributed by atoms with E-state index in [1.807, 2.05) is 6.92 Å². The summed E-state index contributed by atoms with van der Waals surface area (Å²) in [5.41, 5.74) is 1.94. The van der Waals surface area contributed by atoms with Crippen molar-refractivity contribution in [2.24, 2.45) is 0 Å². The van der Waals surface area contributed by atoms with Crippen molar-refractivity contribution in [2.45, 2.75) is 20.4 Å². The summed E-state index contributed by atoms with van der Waals surface area (Å²) < 4.78 is 18.7. The molecule has 0 fully saturated rings. The number of carbonyl (C=O) groups is 2. The van der Waals surface area contributed by atoms with E-state index >= 15 is 0 Å². The van der Waals surface area contributed by atoms with Gasteiger partial charge in [0.05, 0.1) is 13.7 Å². The van der Waals surface area contributed by atoms with Crippen LogP contribution < -0.4 is 15.0 Å². The third-order valence-corrected chi connectivity index (χ3v) is 4.13. The highest BCUT2D eigenvalue weighted by atomic mass is 19.1. The average Bonchev–Trinajstić information content (AvgIpc) is 2.61. The molecular formula is C20H24FN2O3+. The Morgan fingerprint density at radius 3 is 2.58 bits per heavy atom. The van der Waals surface area contributed by atoms with E-state index in [1.54, 1.807) is 36.4 Å². The van der Waals surface area contributed by atoms with Crippen molar-refractivity contribution in [3.8, 4) is 5.75 Å². The fraction of sp³-hybridized carbons (Fsp3) is 0.300. The Hall–Kier alpha value is -2.73. The Kier molecular flexibility index (Phi) is 6.86. The number of amides is 1. The zero-order chi connectivity index (χ0) is 19.1. The van der Waals surface area contributed by atoms with Crippen molar-refractivity contribution in [1.29, 1.82) is 0 Å². The molecule has 1 atom stereocenters. The molecule has 2 aromatic carbocycles. The van der Waals surface area contributed by atoms with Gasteiger partial charge < -0.3 is 15.0 Å². The Labute approximate surface area is 152 Å². The number of ketones is 1. The van der Waals surface area contributed by atoms with Gasteiger partial charge in [-0.2, -0.15) is 0 Å². The molecule has 2 N–H and O–H groups in total. The van der Waals surface area contributed by atoms with Crippen LogP contribution in [-0.2, 0) is 11.3 Å². The molecule has 0 aromatic heterocycles. The normalized spacial score (nSPS) is 11.7. The van der Waals surface area contributed by atoms with Crippen LogP contribution in [0.25, 0.3) is 0 Å². The standard InChI is InChI=1S/C20H23FN2O3/c1-4-23(12-15-8-9-19(26-3)18(21)10-15)13-20(25)22-17-7-5-6-16(11-17)14(2)24/h5-11H,4,12-13H2,1-3H3,(H,22,25)/p+1. The molecule has 26 heavy (non-hydrogen) atoms. The number of likely N-dealkylation sites (N-methyl/N-ethyl adjacent to an activating group) is 1. The summed E-state index contributed by atoms with van der Waals surface area (Å²) >= 11 is 0. The van der Waals surface area contributed by atoms with Gasteiger partial charge >= 0.3 is 0 Å². The lowest BCUT2D eigenvalue weighted by molar-refractivity contribution is -0.903. The van der Waals surface area contributed by atoms with Crippen LogP contribution in [0.1, 0.15) is 29.8 Å². The molecule has 1 amide bonds. The summed E-state index contributed by atoms with van der Waals surface area (Å²) in [5, 5.41) is 2.81. The Morgan fingerprint density at radius 2 is 1.96 bits per heavy atom. The molecule has 6 heteroatoms. The number of quaternary nitrogens is 1. The predicted octanol–water partition coefficient (Wildman–Crippen LogP) is 2.08. The first-order valence-corrected chi connectivity index (χ1v) is 8.49. The number of nitrogens with one attached hydrogen (secondary N) is 2. The summed E-state index contributed by atoms with van der Waals surface area (Å²) in [5.74, 6) is -0.416. The first-order chi connectivity index (χ1) is 12.4. The van der Waals surface area contributed by atoms with Crippen LogP contribution in [-0.4, -0.2) is 31.9 Å². The van der Waals surface area contributed by atoms with Gasteiger partial charge in [0.25, 0.3) is 5.91 Å². The van der Waals surface area contributed by atoms with Crippen LogP contribution in [0.3, 0.4) is 0 Å². The molecule has 138 valence electrons. The van der Waals surface area contributed by atoms with E-state index in [1.165, 1.54) is 20.1 Å². The summed E-state index contributed by atoms with van der Waals surface area (Å²) in [7, 11) is 1.42. The summed E-state index contributed by atoms with van der Waals surface area (Å²) in [6.07, 6.45) is 0. The molecule has 1 unspecified atom stereocenters. The van der Waals surface area contributed by atoms with Gasteiger partial charge in [-0.1, -0.05) is 12.1 Å². The maximum absolute atomic E-state index is 13.8. The van der Waals surface area contributed by atoms with Gasteiger partial charge in [-0.25, -0.2) is 4.39 Å². The fourth-order valence-electron chi connectivity index (χ4n) is 2.67. The highest BCUT2D eigenvalue weighted by Crippen LogP contribution is 2.17. The molecule has 0 bridgehead atoms. The smallest absolute Gasteiger partial charge is 0.279 e. The number of benzene rings is 2. The maximum Gasteiger partial charge on any atom is 0.279 e. The number of hydrogen-bond donors (Lipinski definition) is 2. The van der Waals surface area contributed by atoms with Crippen LogP contribution >= 0.6 is 0 Å². The third-order valence-electron chi connectivity index (χ3n) is 4.13. The van der Waals surface area contributed by atoms with E-state index in [9.17, 15) is 14.0 Å². The SMILES string of the molecule is CC[NH+](CC(=O)Nc1cccc(C(C)=O)c1)Cc1ccc(OC)c(F)c1. The largest absolute Gasteiger partial charge is 0.494 e. The number of anilines is 1. The van der Waals surface area contributed by atoms with E-state index in [0.717, 1.165) is 10.5 Å². The first kappa shape index (κ1) is 19.6. The fourth-order valence-corrected chi connectivity index (χ4v) is 2.67. The number of carbonyl (C=O) groups excluding carboxylic acids is 2. The Bertz CT molecular complexity index is 792. The number of methoxy groups -OCH3 is 1. The highest BCUT2D eigenvalue weighted by molar-refractivity contribution is 5.97. The second-order valence-corrected chi connectivity index (χ2v) is 6.11. The van der Waals surface area contributed by atoms with E-state index in [4.69, 9.17) is 4.74 Å². The second-order valence-electron chi connectivity index (χ2n) is 6.11. The van der Waals surface area contributed by atoms with E-state index in [0.29, 0.717) is 24.3 Å². The minimum atomic E-state index is -0.411. The van der Waals surface area contributed by atoms with Gasteiger partial charge in [0.1, 0.15) is 6.54 Å². The Morgan fingerprint density at radius 1 is 1.19 bits per heavy atom. The molecular weight excluding hydrogens is 335 g/mol. The molecule has 2 aromatic rings. The number of ether oxygens (including phenoxy) is 1. The molecule has 0 spiro atoms. The van der Waals surface area contributed by atoms with Crippen LogP contribution in [0, 0.1) is 5.82 Å². The van der Waals surface area contributed by atoms with Crippen LogP contribution in [0.15, 0.2) is 42.5 Å². The quantitative estimate of drug-likeness (QED) is 0.710. The summed E-state index contributed by atoms with van der Waals surface area (Å²) in [4.78, 5) is 24.7. The molecule has 0 aliphatic carbocycles. The third kappa shape index (κ3) is 5.39. The molecule has 2 rings (SSSR count). The highest BCUT2D eigenvalue weighted by Gasteiger charge is 2.15. The van der Waals surface area contributed by atoms with Gasteiger partial charge in [-0.05, 0) is 44.2 Å².